The van der Waals surface area contributed by atoms with Gasteiger partial charge in [-0.05, 0) is 64.7 Å². The fourth-order valence-corrected chi connectivity index (χ4v) is 5.06. The Bertz CT molecular complexity index is 1280. The lowest BCUT2D eigenvalue weighted by molar-refractivity contribution is -0.117. The number of carbonyl (C=O) groups excluding carboxylic acids is 1. The molecule has 0 spiro atoms. The average molecular weight is 447 g/mol. The third kappa shape index (κ3) is 3.59. The Hall–Kier alpha value is -3.55. The molecular formula is C25H30N6O2. The Balaban J connectivity index is 1.60. The molecule has 1 unspecified atom stereocenters. The molecule has 172 valence electrons. The number of nitrogens with zero attached hydrogens (tertiary/aromatic N) is 3. The second-order valence-electron chi connectivity index (χ2n) is 9.18. The summed E-state index contributed by atoms with van der Waals surface area (Å²) in [4.78, 5) is 11.7. The number of hydrogen-bond acceptors (Lipinski definition) is 6. The van der Waals surface area contributed by atoms with Crippen LogP contribution in [-0.4, -0.2) is 27.6 Å². The summed E-state index contributed by atoms with van der Waals surface area (Å²) in [6.45, 7) is 9.76. The van der Waals surface area contributed by atoms with Crippen molar-refractivity contribution in [1.29, 1.82) is 0 Å². The Morgan fingerprint density at radius 2 is 2.06 bits per heavy atom. The molecule has 5 rings (SSSR count). The first-order valence-electron chi connectivity index (χ1n) is 11.5. The number of aryl methyl sites for hydroxylation is 2. The van der Waals surface area contributed by atoms with E-state index in [4.69, 9.17) is 15.2 Å². The highest BCUT2D eigenvalue weighted by Gasteiger charge is 2.35. The fraction of sp³-hybridized carbons (Fsp3) is 0.400. The summed E-state index contributed by atoms with van der Waals surface area (Å²) in [7, 11) is 0. The molecule has 0 radical (unpaired) electrons. The molecular weight excluding hydrogens is 416 g/mol. The van der Waals surface area contributed by atoms with Gasteiger partial charge in [-0.2, -0.15) is 10.2 Å². The lowest BCUT2D eigenvalue weighted by Gasteiger charge is -2.30. The molecule has 2 aromatic heterocycles. The van der Waals surface area contributed by atoms with Gasteiger partial charge in [-0.15, -0.1) is 0 Å². The number of fused-ring (bicyclic) bond motifs is 2. The standard InChI is InChI=1S/C25H30N6O2/c1-5-20(32)27-16-7-9-17(10-8-16)31-23(21-22(30-31)15(4)28-29-25(21)26)24-14(3)18-12-13(2)6-11-19(18)33-24/h5-6,11-12,15-17,28H,1,7-10H2,2-4H3,(H2,26,29)(H,27,32). The first-order valence-corrected chi connectivity index (χ1v) is 11.5. The molecule has 1 atom stereocenters. The minimum Gasteiger partial charge on any atom is -0.454 e. The minimum absolute atomic E-state index is 0.0533. The highest BCUT2D eigenvalue weighted by Crippen LogP contribution is 2.41. The molecule has 1 aromatic carbocycles. The van der Waals surface area contributed by atoms with Gasteiger partial charge in [0.2, 0.25) is 5.91 Å². The summed E-state index contributed by atoms with van der Waals surface area (Å²) in [6, 6.07) is 6.51. The van der Waals surface area contributed by atoms with Gasteiger partial charge in [0, 0.05) is 17.0 Å². The molecule has 3 heterocycles. The van der Waals surface area contributed by atoms with Crippen molar-refractivity contribution in [2.45, 2.75) is 64.6 Å². The first kappa shape index (κ1) is 21.3. The Morgan fingerprint density at radius 3 is 2.79 bits per heavy atom. The fourth-order valence-electron chi connectivity index (χ4n) is 5.06. The monoisotopic (exact) mass is 446 g/mol. The van der Waals surface area contributed by atoms with Crippen molar-refractivity contribution < 1.29 is 9.21 Å². The number of amides is 1. The summed E-state index contributed by atoms with van der Waals surface area (Å²) >= 11 is 0. The second kappa shape index (κ2) is 8.10. The number of aromatic nitrogens is 2. The zero-order valence-electron chi connectivity index (χ0n) is 19.3. The summed E-state index contributed by atoms with van der Waals surface area (Å²) < 4.78 is 8.50. The van der Waals surface area contributed by atoms with Gasteiger partial charge in [0.15, 0.2) is 11.6 Å². The SMILES string of the molecule is C=CC(=O)NC1CCC(n2nc3c(c2-c2oc4ccc(C)cc4c2C)C(N)=NNC3C)CC1. The predicted molar refractivity (Wildman–Crippen MR) is 129 cm³/mol. The van der Waals surface area contributed by atoms with Gasteiger partial charge in [-0.25, -0.2) is 0 Å². The maximum atomic E-state index is 11.7. The van der Waals surface area contributed by atoms with E-state index >= 15 is 0 Å². The van der Waals surface area contributed by atoms with E-state index in [1.807, 2.05) is 13.0 Å². The molecule has 8 nitrogen and oxygen atoms in total. The van der Waals surface area contributed by atoms with E-state index in [1.54, 1.807) is 0 Å². The molecule has 8 heteroatoms. The summed E-state index contributed by atoms with van der Waals surface area (Å²) in [5.41, 5.74) is 15.2. The lowest BCUT2D eigenvalue weighted by Crippen LogP contribution is -2.37. The van der Waals surface area contributed by atoms with Crippen LogP contribution in [0.2, 0.25) is 0 Å². The van der Waals surface area contributed by atoms with Gasteiger partial charge in [0.05, 0.1) is 23.3 Å². The quantitative estimate of drug-likeness (QED) is 0.525. The largest absolute Gasteiger partial charge is 0.454 e. The topological polar surface area (TPSA) is 110 Å². The number of hydrogen-bond donors (Lipinski definition) is 3. The number of carbonyl (C=O) groups is 1. The molecule has 1 amide bonds. The van der Waals surface area contributed by atoms with E-state index in [9.17, 15) is 4.79 Å². The van der Waals surface area contributed by atoms with Gasteiger partial charge < -0.3 is 15.5 Å². The van der Waals surface area contributed by atoms with Crippen LogP contribution in [0.15, 0.2) is 40.4 Å². The van der Waals surface area contributed by atoms with Crippen molar-refractivity contribution >= 4 is 22.7 Å². The highest BCUT2D eigenvalue weighted by atomic mass is 16.3. The number of furan rings is 1. The van der Waals surface area contributed by atoms with Crippen LogP contribution < -0.4 is 16.5 Å². The summed E-state index contributed by atoms with van der Waals surface area (Å²) in [6.07, 6.45) is 4.88. The highest BCUT2D eigenvalue weighted by molar-refractivity contribution is 6.05. The van der Waals surface area contributed by atoms with Crippen LogP contribution in [-0.2, 0) is 4.79 Å². The zero-order valence-corrected chi connectivity index (χ0v) is 19.3. The van der Waals surface area contributed by atoms with E-state index in [0.717, 1.165) is 64.9 Å². The summed E-state index contributed by atoms with van der Waals surface area (Å²) in [5, 5.41) is 13.5. The lowest BCUT2D eigenvalue weighted by atomic mass is 9.90. The molecule has 0 saturated heterocycles. The average Bonchev–Trinajstić information content (AvgIpc) is 3.36. The molecule has 33 heavy (non-hydrogen) atoms. The Labute approximate surface area is 192 Å². The maximum absolute atomic E-state index is 11.7. The van der Waals surface area contributed by atoms with Crippen LogP contribution in [0.3, 0.4) is 0 Å². The van der Waals surface area contributed by atoms with Crippen LogP contribution >= 0.6 is 0 Å². The van der Waals surface area contributed by atoms with E-state index in [0.29, 0.717) is 5.84 Å². The van der Waals surface area contributed by atoms with Crippen LogP contribution in [0.25, 0.3) is 22.4 Å². The minimum atomic E-state index is -0.120. The molecule has 2 aliphatic rings. The maximum Gasteiger partial charge on any atom is 0.243 e. The first-order chi connectivity index (χ1) is 15.9. The van der Waals surface area contributed by atoms with Gasteiger partial charge in [0.1, 0.15) is 11.3 Å². The molecule has 1 fully saturated rings. The van der Waals surface area contributed by atoms with Crippen molar-refractivity contribution in [2.24, 2.45) is 10.8 Å². The number of benzene rings is 1. The smallest absolute Gasteiger partial charge is 0.243 e. The van der Waals surface area contributed by atoms with Crippen molar-refractivity contribution in [3.05, 3.63) is 53.2 Å². The summed E-state index contributed by atoms with van der Waals surface area (Å²) in [5.74, 6) is 1.09. The third-order valence-electron chi connectivity index (χ3n) is 6.86. The van der Waals surface area contributed by atoms with E-state index in [2.05, 4.69) is 53.1 Å². The van der Waals surface area contributed by atoms with Gasteiger partial charge in [0.25, 0.3) is 0 Å². The molecule has 1 aliphatic carbocycles. The van der Waals surface area contributed by atoms with Crippen LogP contribution in [0, 0.1) is 13.8 Å². The van der Waals surface area contributed by atoms with Gasteiger partial charge >= 0.3 is 0 Å². The third-order valence-corrected chi connectivity index (χ3v) is 6.86. The van der Waals surface area contributed by atoms with Crippen molar-refractivity contribution in [2.75, 3.05) is 0 Å². The number of hydrazone groups is 1. The Kier molecular flexibility index (Phi) is 5.23. The van der Waals surface area contributed by atoms with Crippen LogP contribution in [0.1, 0.15) is 67.1 Å². The number of nitrogens with two attached hydrogens (primary N) is 1. The normalized spacial score (nSPS) is 22.4. The molecule has 3 aromatic rings. The van der Waals surface area contributed by atoms with E-state index in [-0.39, 0.29) is 24.0 Å². The molecule has 1 saturated carbocycles. The van der Waals surface area contributed by atoms with Crippen LogP contribution in [0.5, 0.6) is 0 Å². The van der Waals surface area contributed by atoms with Crippen molar-refractivity contribution in [3.63, 3.8) is 0 Å². The molecule has 4 N–H and O–H groups in total. The number of amidine groups is 1. The number of nitrogens with one attached hydrogen (secondary N) is 2. The van der Waals surface area contributed by atoms with Crippen LogP contribution in [0.4, 0.5) is 0 Å². The van der Waals surface area contributed by atoms with Crippen molar-refractivity contribution in [1.82, 2.24) is 20.5 Å². The van der Waals surface area contributed by atoms with E-state index < -0.39 is 0 Å². The second-order valence-corrected chi connectivity index (χ2v) is 9.18. The molecule has 1 aliphatic heterocycles. The van der Waals surface area contributed by atoms with E-state index in [1.165, 1.54) is 11.6 Å². The predicted octanol–water partition coefficient (Wildman–Crippen LogP) is 3.98. The van der Waals surface area contributed by atoms with Gasteiger partial charge in [-0.1, -0.05) is 18.2 Å². The molecule has 0 bridgehead atoms. The number of rotatable bonds is 4. The van der Waals surface area contributed by atoms with Gasteiger partial charge in [-0.3, -0.25) is 14.9 Å². The van der Waals surface area contributed by atoms with Crippen molar-refractivity contribution in [3.8, 4) is 11.5 Å². The Morgan fingerprint density at radius 1 is 1.30 bits per heavy atom. The zero-order chi connectivity index (χ0) is 23.3.